The average Bonchev–Trinajstić information content (AvgIpc) is 3.31. The molecule has 0 saturated heterocycles. The highest BCUT2D eigenvalue weighted by atomic mass is 16.2. The van der Waals surface area contributed by atoms with Gasteiger partial charge in [-0.3, -0.25) is 14.3 Å². The lowest BCUT2D eigenvalue weighted by molar-refractivity contribution is 0.0899. The molecule has 3 aromatic rings. The van der Waals surface area contributed by atoms with Gasteiger partial charge in [-0.1, -0.05) is 0 Å². The minimum absolute atomic E-state index is 0.0413. The number of carbonyl (C=O) groups excluding carboxylic acids is 1. The molecule has 0 aliphatic heterocycles. The Balaban J connectivity index is 1.52. The van der Waals surface area contributed by atoms with Gasteiger partial charge in [-0.2, -0.15) is 0 Å². The zero-order chi connectivity index (χ0) is 17.7. The van der Waals surface area contributed by atoms with Gasteiger partial charge in [-0.05, 0) is 44.5 Å². The standard InChI is InChI=1S/C19H23N5O/c1-19(2,22-13-18(25)24-9-3-4-10-24)7-11-23-14-17(21-15-23)16-6-5-8-20-12-16/h3-6,8-10,12,14-15,22H,7,11,13H2,1-2H3. The summed E-state index contributed by atoms with van der Waals surface area (Å²) in [7, 11) is 0. The van der Waals surface area contributed by atoms with Crippen LogP contribution in [0.5, 0.6) is 0 Å². The number of hydrogen-bond donors (Lipinski definition) is 1. The molecule has 3 rings (SSSR count). The smallest absolute Gasteiger partial charge is 0.244 e. The van der Waals surface area contributed by atoms with Crippen molar-refractivity contribution in [3.05, 3.63) is 61.6 Å². The van der Waals surface area contributed by atoms with Gasteiger partial charge < -0.3 is 9.88 Å². The van der Waals surface area contributed by atoms with E-state index in [1.165, 1.54) is 0 Å². The Kier molecular flexibility index (Phi) is 5.09. The lowest BCUT2D eigenvalue weighted by Gasteiger charge is -2.26. The van der Waals surface area contributed by atoms with Crippen LogP contribution in [0.4, 0.5) is 0 Å². The lowest BCUT2D eigenvalue weighted by Crippen LogP contribution is -2.43. The Morgan fingerprint density at radius 2 is 2.04 bits per heavy atom. The van der Waals surface area contributed by atoms with Crippen LogP contribution in [0, 0.1) is 0 Å². The second-order valence-corrected chi connectivity index (χ2v) is 6.71. The Morgan fingerprint density at radius 3 is 2.76 bits per heavy atom. The van der Waals surface area contributed by atoms with E-state index in [1.807, 2.05) is 43.0 Å². The van der Waals surface area contributed by atoms with Crippen molar-refractivity contribution in [1.82, 2.24) is 24.4 Å². The highest BCUT2D eigenvalue weighted by Crippen LogP contribution is 2.16. The van der Waals surface area contributed by atoms with E-state index in [-0.39, 0.29) is 11.4 Å². The molecule has 0 aliphatic rings. The minimum atomic E-state index is -0.151. The number of pyridine rings is 1. The molecular formula is C19H23N5O. The Hall–Kier alpha value is -2.73. The van der Waals surface area contributed by atoms with Gasteiger partial charge in [0.2, 0.25) is 5.91 Å². The maximum atomic E-state index is 12.1. The lowest BCUT2D eigenvalue weighted by atomic mass is 10.0. The molecule has 0 aromatic carbocycles. The summed E-state index contributed by atoms with van der Waals surface area (Å²) >= 11 is 0. The van der Waals surface area contributed by atoms with Crippen LogP contribution in [0.3, 0.4) is 0 Å². The van der Waals surface area contributed by atoms with Gasteiger partial charge in [0.1, 0.15) is 0 Å². The average molecular weight is 337 g/mol. The monoisotopic (exact) mass is 337 g/mol. The molecule has 25 heavy (non-hydrogen) atoms. The van der Waals surface area contributed by atoms with Crippen LogP contribution in [0.1, 0.15) is 25.1 Å². The van der Waals surface area contributed by atoms with E-state index in [4.69, 9.17) is 0 Å². The Bertz CT molecular complexity index is 805. The van der Waals surface area contributed by atoms with Gasteiger partial charge >= 0.3 is 0 Å². The highest BCUT2D eigenvalue weighted by Gasteiger charge is 2.18. The van der Waals surface area contributed by atoms with Crippen LogP contribution in [0.2, 0.25) is 0 Å². The van der Waals surface area contributed by atoms with Crippen molar-refractivity contribution in [3.8, 4) is 11.3 Å². The summed E-state index contributed by atoms with van der Waals surface area (Å²) in [5.41, 5.74) is 1.78. The van der Waals surface area contributed by atoms with E-state index in [0.717, 1.165) is 24.2 Å². The number of nitrogens with one attached hydrogen (secondary N) is 1. The van der Waals surface area contributed by atoms with E-state index in [0.29, 0.717) is 6.54 Å². The maximum Gasteiger partial charge on any atom is 0.244 e. The van der Waals surface area contributed by atoms with Crippen LogP contribution in [-0.2, 0) is 6.54 Å². The third-order valence-corrected chi connectivity index (χ3v) is 4.20. The van der Waals surface area contributed by atoms with E-state index in [9.17, 15) is 4.79 Å². The molecule has 0 unspecified atom stereocenters. The predicted octanol–water partition coefficient (Wildman–Crippen LogP) is 2.85. The van der Waals surface area contributed by atoms with Crippen molar-refractivity contribution in [2.24, 2.45) is 0 Å². The van der Waals surface area contributed by atoms with E-state index in [2.05, 4.69) is 33.7 Å². The van der Waals surface area contributed by atoms with Crippen molar-refractivity contribution < 1.29 is 4.79 Å². The van der Waals surface area contributed by atoms with Crippen LogP contribution < -0.4 is 5.32 Å². The molecule has 0 aliphatic carbocycles. The summed E-state index contributed by atoms with van der Waals surface area (Å²) in [4.78, 5) is 20.6. The predicted molar refractivity (Wildman–Crippen MR) is 97.2 cm³/mol. The molecule has 0 amide bonds. The Labute approximate surface area is 147 Å². The van der Waals surface area contributed by atoms with Gasteiger partial charge in [0.15, 0.2) is 0 Å². The number of rotatable bonds is 7. The first-order valence-corrected chi connectivity index (χ1v) is 8.37. The number of imidazole rings is 1. The third kappa shape index (κ3) is 4.64. The molecule has 6 heteroatoms. The number of nitrogens with zero attached hydrogens (tertiary/aromatic N) is 4. The molecule has 0 radical (unpaired) electrons. The fraction of sp³-hybridized carbons (Fsp3) is 0.316. The molecule has 0 spiro atoms. The van der Waals surface area contributed by atoms with Gasteiger partial charge in [0, 0.05) is 48.6 Å². The summed E-state index contributed by atoms with van der Waals surface area (Å²) in [6.07, 6.45) is 11.8. The van der Waals surface area contributed by atoms with Gasteiger partial charge in [0.25, 0.3) is 0 Å². The van der Waals surface area contributed by atoms with Crippen molar-refractivity contribution in [3.63, 3.8) is 0 Å². The molecule has 0 atom stereocenters. The molecule has 0 bridgehead atoms. The Morgan fingerprint density at radius 1 is 1.24 bits per heavy atom. The normalized spacial score (nSPS) is 11.6. The fourth-order valence-electron chi connectivity index (χ4n) is 2.55. The fourth-order valence-corrected chi connectivity index (χ4v) is 2.55. The number of carbonyl (C=O) groups is 1. The van der Waals surface area contributed by atoms with E-state index >= 15 is 0 Å². The van der Waals surface area contributed by atoms with Crippen molar-refractivity contribution in [1.29, 1.82) is 0 Å². The van der Waals surface area contributed by atoms with Crippen LogP contribution in [-0.4, -0.2) is 37.1 Å². The van der Waals surface area contributed by atoms with Gasteiger partial charge in [-0.15, -0.1) is 0 Å². The summed E-state index contributed by atoms with van der Waals surface area (Å²) in [6.45, 7) is 5.35. The van der Waals surface area contributed by atoms with Gasteiger partial charge in [-0.25, -0.2) is 4.98 Å². The zero-order valence-corrected chi connectivity index (χ0v) is 14.6. The molecule has 0 fully saturated rings. The van der Waals surface area contributed by atoms with E-state index in [1.54, 1.807) is 23.2 Å². The first-order valence-electron chi connectivity index (χ1n) is 8.37. The van der Waals surface area contributed by atoms with Crippen molar-refractivity contribution in [2.45, 2.75) is 32.4 Å². The topological polar surface area (TPSA) is 64.7 Å². The number of aryl methyl sites for hydroxylation is 1. The highest BCUT2D eigenvalue weighted by molar-refractivity contribution is 5.80. The quantitative estimate of drug-likeness (QED) is 0.720. The summed E-state index contributed by atoms with van der Waals surface area (Å²) in [6, 6.07) is 7.60. The van der Waals surface area contributed by atoms with Crippen LogP contribution in [0.25, 0.3) is 11.3 Å². The molecule has 3 aromatic heterocycles. The number of aromatic nitrogens is 4. The first-order chi connectivity index (χ1) is 12.0. The molecular weight excluding hydrogens is 314 g/mol. The minimum Gasteiger partial charge on any atom is -0.337 e. The van der Waals surface area contributed by atoms with E-state index < -0.39 is 0 Å². The summed E-state index contributed by atoms with van der Waals surface area (Å²) in [5, 5.41) is 3.34. The van der Waals surface area contributed by atoms with Crippen LogP contribution in [0.15, 0.2) is 61.6 Å². The van der Waals surface area contributed by atoms with Crippen molar-refractivity contribution >= 4 is 5.91 Å². The third-order valence-electron chi connectivity index (χ3n) is 4.20. The zero-order valence-electron chi connectivity index (χ0n) is 14.6. The molecule has 1 N–H and O–H groups in total. The van der Waals surface area contributed by atoms with Crippen LogP contribution >= 0.6 is 0 Å². The number of hydrogen-bond acceptors (Lipinski definition) is 4. The van der Waals surface area contributed by atoms with Crippen molar-refractivity contribution in [2.75, 3.05) is 6.54 Å². The largest absolute Gasteiger partial charge is 0.337 e. The second kappa shape index (κ2) is 7.44. The maximum absolute atomic E-state index is 12.1. The van der Waals surface area contributed by atoms with Gasteiger partial charge in [0.05, 0.1) is 18.6 Å². The SMILES string of the molecule is CC(C)(CCn1cnc(-c2cccnc2)c1)NCC(=O)n1cccc1. The second-order valence-electron chi connectivity index (χ2n) is 6.71. The molecule has 3 heterocycles. The first kappa shape index (κ1) is 17.1. The summed E-state index contributed by atoms with van der Waals surface area (Å²) in [5.74, 6) is 0.0413. The molecule has 6 nitrogen and oxygen atoms in total. The molecule has 0 saturated carbocycles. The molecule has 130 valence electrons. The summed E-state index contributed by atoms with van der Waals surface area (Å²) < 4.78 is 3.67.